The molecule has 0 atom stereocenters. The number of carbonyl (C=O) groups excluding carboxylic acids is 2. The maximum Gasteiger partial charge on any atom is 0.217 e. The Kier molecular flexibility index (Phi) is 8.44. The van der Waals surface area contributed by atoms with Crippen molar-refractivity contribution < 1.29 is 9.59 Å². The van der Waals surface area contributed by atoms with E-state index >= 15 is 0 Å². The van der Waals surface area contributed by atoms with E-state index in [-0.39, 0.29) is 11.8 Å². The Morgan fingerprint density at radius 1 is 0.812 bits per heavy atom. The molecule has 4 heteroatoms. The van der Waals surface area contributed by atoms with Gasteiger partial charge in [0.15, 0.2) is 0 Å². The summed E-state index contributed by atoms with van der Waals surface area (Å²) in [5.41, 5.74) is 9.92. The van der Waals surface area contributed by atoms with Gasteiger partial charge in [-0.15, -0.1) is 0 Å². The summed E-state index contributed by atoms with van der Waals surface area (Å²) in [6.45, 7) is 0. The molecule has 0 radical (unpaired) electrons. The molecule has 0 aliphatic carbocycles. The summed E-state index contributed by atoms with van der Waals surface area (Å²) in [6.07, 6.45) is 3.32. The molecule has 2 amide bonds. The van der Waals surface area contributed by atoms with Crippen LogP contribution < -0.4 is 11.5 Å². The summed E-state index contributed by atoms with van der Waals surface area (Å²) in [5, 5.41) is 0. The second kappa shape index (κ2) is 9.61. The van der Waals surface area contributed by atoms with Gasteiger partial charge in [-0.05, 0) is 24.7 Å². The van der Waals surface area contributed by atoms with Crippen molar-refractivity contribution in [2.24, 2.45) is 11.5 Å². The van der Waals surface area contributed by atoms with Crippen molar-refractivity contribution in [2.75, 3.05) is 0 Å². The standard InChI is InChI=1S/C12H16N2O2/c13-11(15)9-7-5-3-1-2-4-6-8-10-12(14)16/h5-10H2,(H2,13,15)(H2,14,16). The molecule has 86 valence electrons. The van der Waals surface area contributed by atoms with Crippen LogP contribution >= 0.6 is 0 Å². The maximum atomic E-state index is 10.4. The van der Waals surface area contributed by atoms with Crippen LogP contribution in [0.1, 0.15) is 38.5 Å². The first-order valence-corrected chi connectivity index (χ1v) is 5.15. The summed E-state index contributed by atoms with van der Waals surface area (Å²) in [6, 6.07) is 0. The highest BCUT2D eigenvalue weighted by Crippen LogP contribution is 1.92. The molecular formula is C12H16N2O2. The molecule has 0 spiro atoms. The third-order valence-corrected chi connectivity index (χ3v) is 1.69. The van der Waals surface area contributed by atoms with Crippen molar-refractivity contribution in [3.63, 3.8) is 0 Å². The zero-order chi connectivity index (χ0) is 12.2. The number of primary amides is 2. The summed E-state index contributed by atoms with van der Waals surface area (Å²) in [5.74, 6) is 10.4. The molecule has 0 unspecified atom stereocenters. The van der Waals surface area contributed by atoms with Crippen molar-refractivity contribution in [2.45, 2.75) is 38.5 Å². The number of amides is 2. The SMILES string of the molecule is NC(=O)CCCC#CC#CCCCC(N)=O. The van der Waals surface area contributed by atoms with E-state index in [9.17, 15) is 9.59 Å². The largest absolute Gasteiger partial charge is 0.370 e. The highest BCUT2D eigenvalue weighted by atomic mass is 16.1. The highest BCUT2D eigenvalue weighted by molar-refractivity contribution is 5.73. The van der Waals surface area contributed by atoms with Gasteiger partial charge in [0.25, 0.3) is 0 Å². The first kappa shape index (κ1) is 14.1. The average Bonchev–Trinajstić information content (AvgIpc) is 2.20. The van der Waals surface area contributed by atoms with E-state index in [1.807, 2.05) is 0 Å². The second-order valence-corrected chi connectivity index (χ2v) is 3.24. The molecule has 0 bridgehead atoms. The van der Waals surface area contributed by atoms with Gasteiger partial charge in [-0.1, -0.05) is 11.8 Å². The molecule has 0 aromatic rings. The lowest BCUT2D eigenvalue weighted by Gasteiger charge is -1.88. The first-order valence-electron chi connectivity index (χ1n) is 5.15. The number of rotatable bonds is 6. The van der Waals surface area contributed by atoms with Crippen molar-refractivity contribution in [3.05, 3.63) is 0 Å². The summed E-state index contributed by atoms with van der Waals surface area (Å²) >= 11 is 0. The zero-order valence-corrected chi connectivity index (χ0v) is 9.21. The summed E-state index contributed by atoms with van der Waals surface area (Å²) < 4.78 is 0. The van der Waals surface area contributed by atoms with Crippen LogP contribution in [0.3, 0.4) is 0 Å². The molecule has 4 nitrogen and oxygen atoms in total. The van der Waals surface area contributed by atoms with Gasteiger partial charge in [0.05, 0.1) is 0 Å². The monoisotopic (exact) mass is 220 g/mol. The second-order valence-electron chi connectivity index (χ2n) is 3.24. The molecule has 0 aromatic heterocycles. The van der Waals surface area contributed by atoms with Crippen LogP contribution in [0, 0.1) is 23.7 Å². The lowest BCUT2D eigenvalue weighted by atomic mass is 10.2. The fraction of sp³-hybridized carbons (Fsp3) is 0.500. The smallest absolute Gasteiger partial charge is 0.217 e. The minimum atomic E-state index is -0.306. The Hall–Kier alpha value is -1.94. The molecule has 0 aliphatic rings. The molecule has 0 saturated carbocycles. The van der Waals surface area contributed by atoms with Crippen LogP contribution in [0.25, 0.3) is 0 Å². The van der Waals surface area contributed by atoms with Crippen molar-refractivity contribution in [3.8, 4) is 23.7 Å². The Morgan fingerprint density at radius 2 is 1.19 bits per heavy atom. The van der Waals surface area contributed by atoms with E-state index in [4.69, 9.17) is 11.5 Å². The lowest BCUT2D eigenvalue weighted by molar-refractivity contribution is -0.118. The molecule has 0 saturated heterocycles. The van der Waals surface area contributed by atoms with E-state index in [0.29, 0.717) is 38.5 Å². The Bertz CT molecular complexity index is 317. The number of unbranched alkanes of at least 4 members (excludes halogenated alkanes) is 2. The van der Waals surface area contributed by atoms with E-state index in [1.165, 1.54) is 0 Å². The van der Waals surface area contributed by atoms with Crippen LogP contribution in [-0.2, 0) is 9.59 Å². The maximum absolute atomic E-state index is 10.4. The van der Waals surface area contributed by atoms with Crippen molar-refractivity contribution >= 4 is 11.8 Å². The summed E-state index contributed by atoms with van der Waals surface area (Å²) in [7, 11) is 0. The Morgan fingerprint density at radius 3 is 1.50 bits per heavy atom. The van der Waals surface area contributed by atoms with Gasteiger partial charge >= 0.3 is 0 Å². The highest BCUT2D eigenvalue weighted by Gasteiger charge is 1.91. The van der Waals surface area contributed by atoms with Crippen LogP contribution in [0.2, 0.25) is 0 Å². The van der Waals surface area contributed by atoms with E-state index in [1.54, 1.807) is 0 Å². The molecule has 16 heavy (non-hydrogen) atoms. The van der Waals surface area contributed by atoms with Crippen LogP contribution in [-0.4, -0.2) is 11.8 Å². The molecular weight excluding hydrogens is 204 g/mol. The predicted molar refractivity (Wildman–Crippen MR) is 61.6 cm³/mol. The fourth-order valence-electron chi connectivity index (χ4n) is 0.915. The van der Waals surface area contributed by atoms with E-state index in [2.05, 4.69) is 23.7 Å². The van der Waals surface area contributed by atoms with Gasteiger partial charge in [-0.3, -0.25) is 9.59 Å². The fourth-order valence-corrected chi connectivity index (χ4v) is 0.915. The average molecular weight is 220 g/mol. The number of carbonyl (C=O) groups is 2. The number of hydrogen-bond donors (Lipinski definition) is 2. The third kappa shape index (κ3) is 12.1. The molecule has 0 rings (SSSR count). The van der Waals surface area contributed by atoms with Crippen molar-refractivity contribution in [1.82, 2.24) is 0 Å². The third-order valence-electron chi connectivity index (χ3n) is 1.69. The van der Waals surface area contributed by atoms with Gasteiger partial charge in [0, 0.05) is 25.7 Å². The molecule has 4 N–H and O–H groups in total. The minimum absolute atomic E-state index is 0.306. The normalized spacial score (nSPS) is 8.25. The first-order chi connectivity index (χ1) is 7.63. The summed E-state index contributed by atoms with van der Waals surface area (Å²) in [4.78, 5) is 20.7. The molecule has 0 aromatic carbocycles. The van der Waals surface area contributed by atoms with Crippen LogP contribution in [0.15, 0.2) is 0 Å². The Balaban J connectivity index is 3.48. The van der Waals surface area contributed by atoms with E-state index < -0.39 is 0 Å². The molecule has 0 fully saturated rings. The molecule has 0 aliphatic heterocycles. The van der Waals surface area contributed by atoms with Crippen LogP contribution in [0.4, 0.5) is 0 Å². The van der Waals surface area contributed by atoms with Crippen LogP contribution in [0.5, 0.6) is 0 Å². The lowest BCUT2D eigenvalue weighted by Crippen LogP contribution is -2.09. The van der Waals surface area contributed by atoms with E-state index in [0.717, 1.165) is 0 Å². The predicted octanol–water partition coefficient (Wildman–Crippen LogP) is 0.304. The van der Waals surface area contributed by atoms with Gasteiger partial charge in [0.1, 0.15) is 0 Å². The minimum Gasteiger partial charge on any atom is -0.370 e. The Labute approximate surface area is 95.8 Å². The van der Waals surface area contributed by atoms with Gasteiger partial charge in [-0.25, -0.2) is 0 Å². The topological polar surface area (TPSA) is 86.2 Å². The number of nitrogens with two attached hydrogens (primary N) is 2. The quantitative estimate of drug-likeness (QED) is 0.498. The van der Waals surface area contributed by atoms with Gasteiger partial charge in [0.2, 0.25) is 11.8 Å². The number of hydrogen-bond acceptors (Lipinski definition) is 2. The zero-order valence-electron chi connectivity index (χ0n) is 9.21. The molecule has 0 heterocycles. The van der Waals surface area contributed by atoms with Gasteiger partial charge < -0.3 is 11.5 Å². The van der Waals surface area contributed by atoms with Crippen molar-refractivity contribution in [1.29, 1.82) is 0 Å². The van der Waals surface area contributed by atoms with Gasteiger partial charge in [-0.2, -0.15) is 0 Å².